The minimum atomic E-state index is -0.514. The highest BCUT2D eigenvalue weighted by molar-refractivity contribution is 6.28. The molecule has 200 valence electrons. The third-order valence-corrected chi connectivity index (χ3v) is 10.3. The van der Waals surface area contributed by atoms with Gasteiger partial charge in [-0.2, -0.15) is 0 Å². The molecule has 0 aromatic carbocycles. The van der Waals surface area contributed by atoms with Crippen LogP contribution in [0.5, 0.6) is 0 Å². The minimum Gasteiger partial charge on any atom is -0.318 e. The van der Waals surface area contributed by atoms with Crippen molar-refractivity contribution in [1.82, 2.24) is 10.2 Å². The molecule has 2 saturated carbocycles. The second-order valence-corrected chi connectivity index (χ2v) is 12.4. The fourth-order valence-electron chi connectivity index (χ4n) is 7.92. The van der Waals surface area contributed by atoms with Gasteiger partial charge in [-0.1, -0.05) is 78.6 Å². The number of allylic oxidation sites excluding steroid dienone is 9. The topological polar surface area (TPSA) is 53.9 Å². The van der Waals surface area contributed by atoms with Crippen molar-refractivity contribution in [1.29, 1.82) is 0 Å². The molecule has 0 heterocycles. The molecule has 2 fully saturated rings. The summed E-state index contributed by atoms with van der Waals surface area (Å²) in [5, 5.41) is 5.95. The van der Waals surface area contributed by atoms with E-state index in [-0.39, 0.29) is 16.7 Å². The largest absolute Gasteiger partial charge is 0.433 e. The van der Waals surface area contributed by atoms with E-state index in [0.717, 1.165) is 57.2 Å². The van der Waals surface area contributed by atoms with E-state index in [9.17, 15) is 4.79 Å². The number of carbonyl (C=O) groups excluding carboxylic acids is 1. The van der Waals surface area contributed by atoms with Crippen LogP contribution >= 0.6 is 0 Å². The van der Waals surface area contributed by atoms with Crippen molar-refractivity contribution in [3.8, 4) is 0 Å². The molecule has 0 aromatic rings. The van der Waals surface area contributed by atoms with E-state index in [0.29, 0.717) is 6.54 Å². The number of nitrogens with one attached hydrogen (secondary N) is 1. The number of amides is 1. The summed E-state index contributed by atoms with van der Waals surface area (Å²) >= 11 is 0. The molecule has 0 spiro atoms. The van der Waals surface area contributed by atoms with E-state index in [1.165, 1.54) is 16.7 Å². The average molecular weight is 511 g/mol. The van der Waals surface area contributed by atoms with Gasteiger partial charge in [0.2, 0.25) is 0 Å². The van der Waals surface area contributed by atoms with Gasteiger partial charge in [0.05, 0.1) is 21.4 Å². The van der Waals surface area contributed by atoms with Crippen molar-refractivity contribution in [3.05, 3.63) is 59.8 Å². The molecule has 4 rings (SSSR count). The Balaban J connectivity index is 1.54. The highest BCUT2D eigenvalue weighted by Gasteiger charge is 2.67. The number of fused-ring (bicyclic) bond motifs is 5. The zero-order chi connectivity index (χ0) is 27.8. The average Bonchev–Trinajstić information content (AvgIpc) is 3.15. The maximum atomic E-state index is 12.0. The van der Waals surface area contributed by atoms with Gasteiger partial charge in [-0.25, -0.2) is 4.79 Å². The molecule has 38 heavy (non-hydrogen) atoms. The summed E-state index contributed by atoms with van der Waals surface area (Å²) in [6.07, 6.45) is 18.4. The third-order valence-electron chi connectivity index (χ3n) is 10.3. The maximum absolute atomic E-state index is 12.0. The number of hydrogen-bond donors (Lipinski definition) is 1. The first-order valence-electron chi connectivity index (χ1n) is 14.1. The molecule has 0 bridgehead atoms. The first kappa shape index (κ1) is 28.7. The van der Waals surface area contributed by atoms with Crippen LogP contribution in [0.1, 0.15) is 65.7 Å². The lowest BCUT2D eigenvalue weighted by Gasteiger charge is -2.69. The van der Waals surface area contributed by atoms with Gasteiger partial charge in [0.25, 0.3) is 0 Å². The molecule has 0 aliphatic heterocycles. The monoisotopic (exact) mass is 511 g/mol. The summed E-state index contributed by atoms with van der Waals surface area (Å²) in [5.74, 6) is 0.287. The highest BCUT2D eigenvalue weighted by Crippen LogP contribution is 2.81. The normalized spacial score (nSPS) is 37.8. The Kier molecular flexibility index (Phi) is 8.10. The van der Waals surface area contributed by atoms with Crippen LogP contribution in [0.25, 0.3) is 0 Å². The van der Waals surface area contributed by atoms with Crippen LogP contribution < -0.4 is 5.32 Å². The smallest absolute Gasteiger partial charge is 0.318 e. The van der Waals surface area contributed by atoms with Gasteiger partial charge in [-0.05, 0) is 93.5 Å². The molecule has 1 N–H and O–H groups in total. The van der Waals surface area contributed by atoms with Crippen LogP contribution in [0.15, 0.2) is 64.9 Å². The SMILES string of the molecule is [B][C@]12CCC3=C/C(=N/OC(=O)NCCN(C)C)CCC3(C)C1CCC1(C)C(C(/C=C\C=C)=C/C)=CC[C@]12[B]. The first-order valence-corrected chi connectivity index (χ1v) is 14.1. The molecule has 5 nitrogen and oxygen atoms in total. The number of rotatable bonds is 7. The lowest BCUT2D eigenvalue weighted by molar-refractivity contribution is -0.00114. The number of hydrogen-bond acceptors (Lipinski definition) is 4. The quantitative estimate of drug-likeness (QED) is 0.191. The van der Waals surface area contributed by atoms with Crippen molar-refractivity contribution in [2.45, 2.75) is 76.3 Å². The number of likely N-dealkylation sites (N-methyl/N-ethyl adjacent to an activating group) is 1. The van der Waals surface area contributed by atoms with Crippen molar-refractivity contribution >= 4 is 27.5 Å². The zero-order valence-electron chi connectivity index (χ0n) is 24.0. The molecule has 4 aliphatic rings. The third kappa shape index (κ3) is 4.59. The summed E-state index contributed by atoms with van der Waals surface area (Å²) in [5.41, 5.74) is 4.51. The minimum absolute atomic E-state index is 0.0391. The Bertz CT molecular complexity index is 1120. The van der Waals surface area contributed by atoms with Gasteiger partial charge in [0, 0.05) is 13.1 Å². The number of carbonyl (C=O) groups is 1. The Morgan fingerprint density at radius 3 is 2.71 bits per heavy atom. The summed E-state index contributed by atoms with van der Waals surface area (Å²) in [6, 6.07) is 0. The predicted molar refractivity (Wildman–Crippen MR) is 159 cm³/mol. The van der Waals surface area contributed by atoms with E-state index in [1.54, 1.807) is 0 Å². The van der Waals surface area contributed by atoms with Crippen molar-refractivity contribution in [2.24, 2.45) is 21.9 Å². The molecule has 7 heteroatoms. The molecule has 5 atom stereocenters. The summed E-state index contributed by atoms with van der Waals surface area (Å²) < 4.78 is 0. The lowest BCUT2D eigenvalue weighted by Crippen LogP contribution is -2.56. The summed E-state index contributed by atoms with van der Waals surface area (Å²) in [4.78, 5) is 19.2. The van der Waals surface area contributed by atoms with Crippen LogP contribution in [-0.4, -0.2) is 59.6 Å². The first-order chi connectivity index (χ1) is 17.9. The molecule has 0 saturated heterocycles. The van der Waals surface area contributed by atoms with Gasteiger partial charge in [0.1, 0.15) is 0 Å². The van der Waals surface area contributed by atoms with Crippen molar-refractivity contribution in [2.75, 3.05) is 27.2 Å². The number of oxime groups is 1. The van der Waals surface area contributed by atoms with Crippen molar-refractivity contribution < 1.29 is 9.63 Å². The number of nitrogens with zero attached hydrogens (tertiary/aromatic N) is 2. The molecule has 3 unspecified atom stereocenters. The van der Waals surface area contributed by atoms with E-state index >= 15 is 0 Å². The highest BCUT2D eigenvalue weighted by atomic mass is 16.7. The van der Waals surface area contributed by atoms with Gasteiger partial charge < -0.3 is 10.2 Å². The summed E-state index contributed by atoms with van der Waals surface area (Å²) in [6.45, 7) is 11.9. The van der Waals surface area contributed by atoms with Gasteiger partial charge >= 0.3 is 6.09 Å². The Hall–Kier alpha value is -2.27. The second kappa shape index (κ2) is 10.7. The standard InChI is InChI=1S/C31H43B2N3O2/c1-7-9-10-22(8-2)25-13-18-31(33)29(25,4)16-14-26-28(3)15-12-24(21-23(28)11-17-30(26,31)32)35-38-27(37)34-19-20-36(5)6/h7-10,13,21,26H,1,11-12,14-20H2,2-6H3,(H,34,37)/b10-9-,22-8+,35-24+/t26?,28?,29?,30-,31+/m1/s1. The fourth-order valence-corrected chi connectivity index (χ4v) is 7.92. The Morgan fingerprint density at radius 1 is 1.26 bits per heavy atom. The van der Waals surface area contributed by atoms with Crippen molar-refractivity contribution in [3.63, 3.8) is 0 Å². The van der Waals surface area contributed by atoms with E-state index in [4.69, 9.17) is 20.5 Å². The van der Waals surface area contributed by atoms with Gasteiger partial charge in [-0.15, -0.1) is 0 Å². The Labute approximate surface area is 232 Å². The molecule has 1 amide bonds. The van der Waals surface area contributed by atoms with Gasteiger partial charge in [-0.3, -0.25) is 4.84 Å². The zero-order valence-corrected chi connectivity index (χ0v) is 24.0. The molecule has 4 radical (unpaired) electrons. The van der Waals surface area contributed by atoms with Gasteiger partial charge in [0.15, 0.2) is 0 Å². The molecule has 0 aromatic heterocycles. The van der Waals surface area contributed by atoms with E-state index < -0.39 is 16.7 Å². The van der Waals surface area contributed by atoms with Crippen LogP contribution in [0.3, 0.4) is 0 Å². The van der Waals surface area contributed by atoms with Crippen LogP contribution in [0.2, 0.25) is 10.6 Å². The van der Waals surface area contributed by atoms with Crippen LogP contribution in [0.4, 0.5) is 4.79 Å². The van der Waals surface area contributed by atoms with Crippen LogP contribution in [-0.2, 0) is 4.84 Å². The van der Waals surface area contributed by atoms with E-state index in [2.05, 4.69) is 62.1 Å². The second-order valence-electron chi connectivity index (χ2n) is 12.4. The predicted octanol–water partition coefficient (Wildman–Crippen LogP) is 6.24. The maximum Gasteiger partial charge on any atom is 0.433 e. The van der Waals surface area contributed by atoms with E-state index in [1.807, 2.05) is 31.1 Å². The molecule has 4 aliphatic carbocycles. The Morgan fingerprint density at radius 2 is 2.03 bits per heavy atom. The molecular formula is C31H43B2N3O2. The summed E-state index contributed by atoms with van der Waals surface area (Å²) in [7, 11) is 18.9. The fraction of sp³-hybridized carbons (Fsp3) is 0.613. The van der Waals surface area contributed by atoms with Crippen LogP contribution in [0, 0.1) is 16.7 Å². The molecular weight excluding hydrogens is 468 g/mol. The lowest BCUT2D eigenvalue weighted by atomic mass is 9.25.